The van der Waals surface area contributed by atoms with Crippen molar-refractivity contribution in [3.05, 3.63) is 23.8 Å². The first kappa shape index (κ1) is 14.5. The topological polar surface area (TPSA) is 44.5 Å². The van der Waals surface area contributed by atoms with Gasteiger partial charge in [0.1, 0.15) is 6.10 Å². The minimum atomic E-state index is 0.317. The zero-order valence-electron chi connectivity index (χ0n) is 11.6. The van der Waals surface area contributed by atoms with Gasteiger partial charge < -0.3 is 15.2 Å². The molecule has 0 saturated carbocycles. The van der Waals surface area contributed by atoms with Crippen molar-refractivity contribution in [3.63, 3.8) is 0 Å². The van der Waals surface area contributed by atoms with Crippen molar-refractivity contribution in [1.29, 1.82) is 0 Å². The standard InChI is InChI=1S/C15H23NO2S/c1-17-14-7-6-12(4-2-8-16)10-15(14)18-13-5-3-9-19-11-13/h6-7,10,13H,2-5,8-9,11,16H2,1H3. The van der Waals surface area contributed by atoms with Crippen molar-refractivity contribution in [2.75, 3.05) is 25.2 Å². The molecule has 106 valence electrons. The van der Waals surface area contributed by atoms with Gasteiger partial charge in [0, 0.05) is 5.75 Å². The van der Waals surface area contributed by atoms with Crippen LogP contribution in [0.15, 0.2) is 18.2 Å². The lowest BCUT2D eigenvalue weighted by Crippen LogP contribution is -2.23. The Morgan fingerprint density at radius 1 is 1.37 bits per heavy atom. The van der Waals surface area contributed by atoms with Gasteiger partial charge in [0.2, 0.25) is 0 Å². The van der Waals surface area contributed by atoms with Crippen LogP contribution in [0.25, 0.3) is 0 Å². The number of benzene rings is 1. The number of ether oxygens (including phenoxy) is 2. The lowest BCUT2D eigenvalue weighted by molar-refractivity contribution is 0.202. The summed E-state index contributed by atoms with van der Waals surface area (Å²) in [6, 6.07) is 6.20. The van der Waals surface area contributed by atoms with Gasteiger partial charge in [-0.2, -0.15) is 11.8 Å². The molecule has 1 fully saturated rings. The van der Waals surface area contributed by atoms with Gasteiger partial charge in [-0.05, 0) is 55.7 Å². The molecule has 1 aromatic rings. The van der Waals surface area contributed by atoms with Gasteiger partial charge in [-0.3, -0.25) is 0 Å². The Labute approximate surface area is 119 Å². The third kappa shape index (κ3) is 4.32. The summed E-state index contributed by atoms with van der Waals surface area (Å²) < 4.78 is 11.5. The van der Waals surface area contributed by atoms with E-state index in [0.717, 1.165) is 43.1 Å². The van der Waals surface area contributed by atoms with Crippen molar-refractivity contribution >= 4 is 11.8 Å². The molecule has 1 unspecified atom stereocenters. The molecule has 0 aliphatic carbocycles. The molecule has 1 aliphatic rings. The maximum absolute atomic E-state index is 6.12. The van der Waals surface area contributed by atoms with Gasteiger partial charge in [-0.15, -0.1) is 0 Å². The predicted octanol–water partition coefficient (Wildman–Crippen LogP) is 2.86. The van der Waals surface area contributed by atoms with E-state index in [9.17, 15) is 0 Å². The second-order valence-corrected chi connectivity index (χ2v) is 5.98. The molecule has 0 spiro atoms. The van der Waals surface area contributed by atoms with Gasteiger partial charge in [-0.1, -0.05) is 6.07 Å². The molecule has 1 aliphatic heterocycles. The zero-order valence-corrected chi connectivity index (χ0v) is 12.4. The first-order valence-electron chi connectivity index (χ1n) is 6.95. The summed E-state index contributed by atoms with van der Waals surface area (Å²) in [5.41, 5.74) is 6.83. The molecule has 1 aromatic carbocycles. The number of hydrogen-bond donors (Lipinski definition) is 1. The summed E-state index contributed by atoms with van der Waals surface area (Å²) in [5.74, 6) is 4.04. The fourth-order valence-corrected chi connectivity index (χ4v) is 3.29. The average Bonchev–Trinajstić information content (AvgIpc) is 2.46. The van der Waals surface area contributed by atoms with Crippen molar-refractivity contribution < 1.29 is 9.47 Å². The molecule has 0 bridgehead atoms. The molecule has 2 rings (SSSR count). The Morgan fingerprint density at radius 2 is 2.26 bits per heavy atom. The van der Waals surface area contributed by atoms with E-state index < -0.39 is 0 Å². The summed E-state index contributed by atoms with van der Waals surface area (Å²) in [5, 5.41) is 0. The second-order valence-electron chi connectivity index (χ2n) is 4.83. The number of aryl methyl sites for hydroxylation is 1. The smallest absolute Gasteiger partial charge is 0.161 e. The Bertz CT molecular complexity index is 392. The quantitative estimate of drug-likeness (QED) is 0.871. The van der Waals surface area contributed by atoms with E-state index >= 15 is 0 Å². The second kappa shape index (κ2) is 7.65. The lowest BCUT2D eigenvalue weighted by atomic mass is 10.1. The van der Waals surface area contributed by atoms with Crippen LogP contribution >= 0.6 is 11.8 Å². The van der Waals surface area contributed by atoms with Gasteiger partial charge in [-0.25, -0.2) is 0 Å². The van der Waals surface area contributed by atoms with Gasteiger partial charge in [0.15, 0.2) is 11.5 Å². The summed E-state index contributed by atoms with van der Waals surface area (Å²) in [6.45, 7) is 0.724. The number of rotatable bonds is 6. The monoisotopic (exact) mass is 281 g/mol. The highest BCUT2D eigenvalue weighted by Gasteiger charge is 2.17. The molecule has 2 N–H and O–H groups in total. The van der Waals surface area contributed by atoms with Gasteiger partial charge in [0.05, 0.1) is 7.11 Å². The molecule has 1 heterocycles. The third-order valence-corrected chi connectivity index (χ3v) is 4.49. The number of thioether (sulfide) groups is 1. The van der Waals surface area contributed by atoms with Crippen LogP contribution in [0, 0.1) is 0 Å². The minimum Gasteiger partial charge on any atom is -0.493 e. The summed E-state index contributed by atoms with van der Waals surface area (Å²) >= 11 is 1.97. The number of nitrogens with two attached hydrogens (primary N) is 1. The summed E-state index contributed by atoms with van der Waals surface area (Å²) in [6.07, 6.45) is 4.70. The van der Waals surface area contributed by atoms with Crippen LogP contribution in [0.5, 0.6) is 11.5 Å². The number of hydrogen-bond acceptors (Lipinski definition) is 4. The van der Waals surface area contributed by atoms with Gasteiger partial charge in [0.25, 0.3) is 0 Å². The van der Waals surface area contributed by atoms with E-state index in [1.807, 2.05) is 17.8 Å². The third-order valence-electron chi connectivity index (χ3n) is 3.31. The first-order valence-corrected chi connectivity index (χ1v) is 8.10. The van der Waals surface area contributed by atoms with Crippen molar-refractivity contribution in [3.8, 4) is 11.5 Å². The Kier molecular flexibility index (Phi) is 5.86. The Morgan fingerprint density at radius 3 is 2.95 bits per heavy atom. The fraction of sp³-hybridized carbons (Fsp3) is 0.600. The van der Waals surface area contributed by atoms with E-state index in [1.165, 1.54) is 17.7 Å². The summed E-state index contributed by atoms with van der Waals surface area (Å²) in [4.78, 5) is 0. The van der Waals surface area contributed by atoms with Crippen molar-refractivity contribution in [1.82, 2.24) is 0 Å². The SMILES string of the molecule is COc1ccc(CCCN)cc1OC1CCCSC1. The largest absolute Gasteiger partial charge is 0.493 e. The normalized spacial score (nSPS) is 19.2. The van der Waals surface area contributed by atoms with Crippen molar-refractivity contribution in [2.45, 2.75) is 31.8 Å². The van der Waals surface area contributed by atoms with E-state index in [-0.39, 0.29) is 0 Å². The van der Waals surface area contributed by atoms with Gasteiger partial charge >= 0.3 is 0 Å². The molecule has 1 atom stereocenters. The lowest BCUT2D eigenvalue weighted by Gasteiger charge is -2.24. The molecular formula is C15H23NO2S. The van der Waals surface area contributed by atoms with E-state index in [4.69, 9.17) is 15.2 Å². The summed E-state index contributed by atoms with van der Waals surface area (Å²) in [7, 11) is 1.69. The molecule has 0 aromatic heterocycles. The molecular weight excluding hydrogens is 258 g/mol. The fourth-order valence-electron chi connectivity index (χ4n) is 2.26. The van der Waals surface area contributed by atoms with Crippen LogP contribution in [0.3, 0.4) is 0 Å². The Balaban J connectivity index is 2.06. The molecule has 0 radical (unpaired) electrons. The van der Waals surface area contributed by atoms with Crippen LogP contribution in [0.1, 0.15) is 24.8 Å². The molecule has 1 saturated heterocycles. The molecule has 0 amide bonds. The maximum atomic E-state index is 6.12. The van der Waals surface area contributed by atoms with E-state index in [1.54, 1.807) is 7.11 Å². The molecule has 4 heteroatoms. The van der Waals surface area contributed by atoms with E-state index in [2.05, 4.69) is 12.1 Å². The van der Waals surface area contributed by atoms with Crippen LogP contribution in [0.4, 0.5) is 0 Å². The maximum Gasteiger partial charge on any atom is 0.161 e. The molecule has 3 nitrogen and oxygen atoms in total. The highest BCUT2D eigenvalue weighted by Crippen LogP contribution is 2.31. The first-order chi connectivity index (χ1) is 9.33. The number of methoxy groups -OCH3 is 1. The van der Waals surface area contributed by atoms with Crippen LogP contribution in [0.2, 0.25) is 0 Å². The minimum absolute atomic E-state index is 0.317. The average molecular weight is 281 g/mol. The van der Waals surface area contributed by atoms with Crippen molar-refractivity contribution in [2.24, 2.45) is 5.73 Å². The highest BCUT2D eigenvalue weighted by atomic mass is 32.2. The molecule has 19 heavy (non-hydrogen) atoms. The van der Waals surface area contributed by atoms with E-state index in [0.29, 0.717) is 6.10 Å². The Hall–Kier alpha value is -0.870. The predicted molar refractivity (Wildman–Crippen MR) is 81.3 cm³/mol. The van der Waals surface area contributed by atoms with Crippen LogP contribution in [-0.4, -0.2) is 31.3 Å². The highest BCUT2D eigenvalue weighted by molar-refractivity contribution is 7.99. The van der Waals surface area contributed by atoms with Crippen LogP contribution in [-0.2, 0) is 6.42 Å². The zero-order chi connectivity index (χ0) is 13.5. The van der Waals surface area contributed by atoms with Crippen LogP contribution < -0.4 is 15.2 Å².